The van der Waals surface area contributed by atoms with Gasteiger partial charge in [-0.05, 0) is 23.7 Å². The number of carbonyl (C=O) groups is 1. The van der Waals surface area contributed by atoms with E-state index in [2.05, 4.69) is 19.7 Å². The van der Waals surface area contributed by atoms with Crippen LogP contribution >= 0.6 is 11.5 Å². The van der Waals surface area contributed by atoms with Gasteiger partial charge in [-0.1, -0.05) is 4.49 Å². The Bertz CT molecular complexity index is 706. The number of fused-ring (bicyclic) bond motifs is 1. The molecule has 0 amide bonds. The van der Waals surface area contributed by atoms with Crippen LogP contribution in [0.3, 0.4) is 0 Å². The summed E-state index contributed by atoms with van der Waals surface area (Å²) in [5, 5.41) is 8.02. The lowest BCUT2D eigenvalue weighted by atomic mass is 10.2. The third kappa shape index (κ3) is 1.54. The van der Waals surface area contributed by atoms with E-state index >= 15 is 0 Å². The van der Waals surface area contributed by atoms with Gasteiger partial charge in [0.2, 0.25) is 0 Å². The van der Waals surface area contributed by atoms with E-state index in [0.717, 1.165) is 10.4 Å². The Morgan fingerprint density at radius 2 is 2.33 bits per heavy atom. The summed E-state index contributed by atoms with van der Waals surface area (Å²) in [5.74, 6) is -0.433. The van der Waals surface area contributed by atoms with Crippen molar-refractivity contribution >= 4 is 27.7 Å². The molecule has 0 aliphatic carbocycles. The lowest BCUT2D eigenvalue weighted by Crippen LogP contribution is -2.03. The zero-order chi connectivity index (χ0) is 12.5. The molecule has 0 N–H and O–H groups in total. The van der Waals surface area contributed by atoms with E-state index in [1.54, 1.807) is 23.1 Å². The number of aromatic nitrogens is 5. The van der Waals surface area contributed by atoms with Gasteiger partial charge in [0.1, 0.15) is 22.9 Å². The molecule has 0 aliphatic heterocycles. The van der Waals surface area contributed by atoms with Crippen LogP contribution in [0.2, 0.25) is 0 Å². The van der Waals surface area contributed by atoms with Crippen molar-refractivity contribution in [2.75, 3.05) is 7.11 Å². The van der Waals surface area contributed by atoms with Gasteiger partial charge in [0, 0.05) is 0 Å². The van der Waals surface area contributed by atoms with Gasteiger partial charge in [-0.15, -0.1) is 5.10 Å². The van der Waals surface area contributed by atoms with E-state index in [0.29, 0.717) is 11.1 Å². The van der Waals surface area contributed by atoms with Gasteiger partial charge in [-0.2, -0.15) is 5.10 Å². The van der Waals surface area contributed by atoms with Gasteiger partial charge < -0.3 is 4.74 Å². The standard InChI is InChI=1S/C10H7N5O2S/c1-17-10(16)6-2-3-7(15-5-11-4-12-15)9-8(6)13-14-18-9/h2-5H,1H3. The highest BCUT2D eigenvalue weighted by Crippen LogP contribution is 2.26. The number of ether oxygens (including phenoxy) is 1. The van der Waals surface area contributed by atoms with Gasteiger partial charge >= 0.3 is 5.97 Å². The minimum atomic E-state index is -0.433. The first-order valence-electron chi connectivity index (χ1n) is 4.99. The van der Waals surface area contributed by atoms with Crippen LogP contribution in [0.15, 0.2) is 24.8 Å². The summed E-state index contributed by atoms with van der Waals surface area (Å²) in [6.45, 7) is 0. The lowest BCUT2D eigenvalue weighted by molar-refractivity contribution is 0.0603. The van der Waals surface area contributed by atoms with Crippen LogP contribution in [0, 0.1) is 0 Å². The zero-order valence-electron chi connectivity index (χ0n) is 9.27. The van der Waals surface area contributed by atoms with Gasteiger partial charge in [0.25, 0.3) is 0 Å². The molecule has 0 spiro atoms. The monoisotopic (exact) mass is 261 g/mol. The van der Waals surface area contributed by atoms with Crippen molar-refractivity contribution < 1.29 is 9.53 Å². The number of rotatable bonds is 2. The fourth-order valence-corrected chi connectivity index (χ4v) is 2.34. The molecular weight excluding hydrogens is 254 g/mol. The number of esters is 1. The maximum absolute atomic E-state index is 11.6. The molecule has 0 atom stereocenters. The summed E-state index contributed by atoms with van der Waals surface area (Å²) in [4.78, 5) is 15.5. The Morgan fingerprint density at radius 3 is 3.06 bits per heavy atom. The molecule has 8 heteroatoms. The number of methoxy groups -OCH3 is 1. The average Bonchev–Trinajstić information content (AvgIpc) is 3.07. The number of hydrogen-bond donors (Lipinski definition) is 0. The number of benzene rings is 1. The van der Waals surface area contributed by atoms with Crippen LogP contribution < -0.4 is 0 Å². The van der Waals surface area contributed by atoms with Crippen LogP contribution in [0.25, 0.3) is 15.9 Å². The van der Waals surface area contributed by atoms with Crippen molar-refractivity contribution in [2.24, 2.45) is 0 Å². The van der Waals surface area contributed by atoms with E-state index in [-0.39, 0.29) is 0 Å². The van der Waals surface area contributed by atoms with Crippen LogP contribution in [-0.4, -0.2) is 37.4 Å². The first-order chi connectivity index (χ1) is 8.81. The second kappa shape index (κ2) is 4.15. The fourth-order valence-electron chi connectivity index (χ4n) is 1.64. The van der Waals surface area contributed by atoms with Gasteiger partial charge in [-0.3, -0.25) is 0 Å². The normalized spacial score (nSPS) is 10.7. The zero-order valence-corrected chi connectivity index (χ0v) is 10.1. The highest BCUT2D eigenvalue weighted by Gasteiger charge is 2.17. The third-order valence-corrected chi connectivity index (χ3v) is 3.20. The minimum Gasteiger partial charge on any atom is -0.465 e. The van der Waals surface area contributed by atoms with E-state index in [1.807, 2.05) is 0 Å². The maximum Gasteiger partial charge on any atom is 0.340 e. The molecule has 0 saturated heterocycles. The van der Waals surface area contributed by atoms with Gasteiger partial charge in [0.15, 0.2) is 0 Å². The summed E-state index contributed by atoms with van der Waals surface area (Å²) in [6, 6.07) is 3.41. The minimum absolute atomic E-state index is 0.394. The molecule has 1 aromatic carbocycles. The Kier molecular flexibility index (Phi) is 2.49. The smallest absolute Gasteiger partial charge is 0.340 e. The SMILES string of the molecule is COC(=O)c1ccc(-n2cncn2)c2snnc12. The molecule has 2 aromatic heterocycles. The van der Waals surface area contributed by atoms with E-state index in [1.165, 1.54) is 25.0 Å². The maximum atomic E-state index is 11.6. The molecule has 0 fully saturated rings. The van der Waals surface area contributed by atoms with Crippen molar-refractivity contribution in [3.63, 3.8) is 0 Å². The van der Waals surface area contributed by atoms with E-state index < -0.39 is 5.97 Å². The number of hydrogen-bond acceptors (Lipinski definition) is 7. The van der Waals surface area contributed by atoms with Crippen LogP contribution in [0.1, 0.15) is 10.4 Å². The van der Waals surface area contributed by atoms with Gasteiger partial charge in [0.05, 0.1) is 18.4 Å². The molecule has 0 unspecified atom stereocenters. The van der Waals surface area contributed by atoms with Crippen molar-refractivity contribution in [3.8, 4) is 5.69 Å². The molecule has 7 nitrogen and oxygen atoms in total. The molecular formula is C10H7N5O2S. The van der Waals surface area contributed by atoms with Crippen LogP contribution in [-0.2, 0) is 4.74 Å². The molecule has 0 radical (unpaired) electrons. The summed E-state index contributed by atoms with van der Waals surface area (Å²) in [5.41, 5.74) is 1.69. The molecule has 0 saturated carbocycles. The fraction of sp³-hybridized carbons (Fsp3) is 0.100. The summed E-state index contributed by atoms with van der Waals surface area (Å²) in [7, 11) is 1.33. The summed E-state index contributed by atoms with van der Waals surface area (Å²) >= 11 is 1.20. The van der Waals surface area contributed by atoms with E-state index in [4.69, 9.17) is 4.74 Å². The molecule has 0 bridgehead atoms. The highest BCUT2D eigenvalue weighted by molar-refractivity contribution is 7.13. The van der Waals surface area contributed by atoms with Crippen molar-refractivity contribution in [3.05, 3.63) is 30.4 Å². The summed E-state index contributed by atoms with van der Waals surface area (Å²) < 4.78 is 10.9. The molecule has 18 heavy (non-hydrogen) atoms. The second-order valence-electron chi connectivity index (χ2n) is 3.41. The lowest BCUT2D eigenvalue weighted by Gasteiger charge is -2.04. The number of carbonyl (C=O) groups excluding carboxylic acids is 1. The molecule has 3 rings (SSSR count). The highest BCUT2D eigenvalue weighted by atomic mass is 32.1. The predicted octanol–water partition coefficient (Wildman–Crippen LogP) is 1.06. The summed E-state index contributed by atoms with van der Waals surface area (Å²) in [6.07, 6.45) is 3.01. The largest absolute Gasteiger partial charge is 0.465 e. The third-order valence-electron chi connectivity index (χ3n) is 2.45. The van der Waals surface area contributed by atoms with Crippen molar-refractivity contribution in [1.29, 1.82) is 0 Å². The van der Waals surface area contributed by atoms with Crippen LogP contribution in [0.5, 0.6) is 0 Å². The van der Waals surface area contributed by atoms with Crippen LogP contribution in [0.4, 0.5) is 0 Å². The van der Waals surface area contributed by atoms with Gasteiger partial charge in [-0.25, -0.2) is 14.5 Å². The van der Waals surface area contributed by atoms with E-state index in [9.17, 15) is 4.79 Å². The molecule has 2 heterocycles. The van der Waals surface area contributed by atoms with Crippen molar-refractivity contribution in [1.82, 2.24) is 24.4 Å². The quantitative estimate of drug-likeness (QED) is 0.641. The second-order valence-corrected chi connectivity index (χ2v) is 4.17. The number of nitrogens with zero attached hydrogens (tertiary/aromatic N) is 5. The van der Waals surface area contributed by atoms with Crippen molar-refractivity contribution in [2.45, 2.75) is 0 Å². The first kappa shape index (κ1) is 10.8. The Hall–Kier alpha value is -2.35. The predicted molar refractivity (Wildman–Crippen MR) is 63.7 cm³/mol. The molecule has 0 aliphatic rings. The Balaban J connectivity index is 2.26. The Labute approximate surface area is 105 Å². The first-order valence-corrected chi connectivity index (χ1v) is 5.77. The molecule has 3 aromatic rings. The average molecular weight is 261 g/mol. The topological polar surface area (TPSA) is 82.8 Å². The Morgan fingerprint density at radius 1 is 1.44 bits per heavy atom. The molecule has 90 valence electrons.